The molecule has 0 spiro atoms. The van der Waals surface area contributed by atoms with Crippen LogP contribution in [0.25, 0.3) is 21.8 Å². The summed E-state index contributed by atoms with van der Waals surface area (Å²) in [5.41, 5.74) is 13.2. The number of hydrazine groups is 2. The third kappa shape index (κ3) is 3.90. The number of aromatic nitrogens is 4. The average Bonchev–Trinajstić information content (AvgIpc) is 3.39. The molecule has 0 atom stereocenters. The summed E-state index contributed by atoms with van der Waals surface area (Å²) in [5.74, 6) is -0.357. The van der Waals surface area contributed by atoms with Crippen LogP contribution in [0, 0.1) is 19.7 Å². The van der Waals surface area contributed by atoms with Crippen molar-refractivity contribution in [2.24, 2.45) is 0 Å². The van der Waals surface area contributed by atoms with Crippen LogP contribution in [0.3, 0.4) is 0 Å². The molecule has 1 aromatic carbocycles. The fourth-order valence-corrected chi connectivity index (χ4v) is 4.18. The van der Waals surface area contributed by atoms with Crippen LogP contribution < -0.4 is 21.1 Å². The van der Waals surface area contributed by atoms with E-state index in [0.717, 1.165) is 27.0 Å². The van der Waals surface area contributed by atoms with Crippen molar-refractivity contribution in [3.05, 3.63) is 64.8 Å². The minimum atomic E-state index is -0.357. The zero-order chi connectivity index (χ0) is 21.4. The Bertz CT molecular complexity index is 1280. The Morgan fingerprint density at radius 3 is 2.77 bits per heavy atom. The van der Waals surface area contributed by atoms with E-state index in [9.17, 15) is 4.39 Å². The molecule has 0 saturated heterocycles. The summed E-state index contributed by atoms with van der Waals surface area (Å²) in [4.78, 5) is 18.6. The van der Waals surface area contributed by atoms with Crippen LogP contribution in [0.15, 0.2) is 42.6 Å². The van der Waals surface area contributed by atoms with Gasteiger partial charge in [0, 0.05) is 17.5 Å². The molecule has 0 bridgehead atoms. The number of hydrogen-bond donors (Lipinski definition) is 3. The molecule has 0 saturated carbocycles. The third-order valence-electron chi connectivity index (χ3n) is 4.69. The summed E-state index contributed by atoms with van der Waals surface area (Å²) in [6.07, 6.45) is 1.66. The van der Waals surface area contributed by atoms with Gasteiger partial charge in [-0.15, -0.1) is 16.9 Å². The minimum Gasteiger partial charge on any atom is -0.456 e. The van der Waals surface area contributed by atoms with Crippen LogP contribution >= 0.6 is 11.3 Å². The number of nitrogens with zero attached hydrogens (tertiary/aromatic N) is 4. The van der Waals surface area contributed by atoms with E-state index < -0.39 is 0 Å². The molecule has 0 amide bonds. The molecule has 0 fully saturated rings. The van der Waals surface area contributed by atoms with Crippen molar-refractivity contribution in [3.63, 3.8) is 0 Å². The molecule has 1 aliphatic heterocycles. The molecule has 0 unspecified atom stereocenters. The number of rotatable bonds is 5. The van der Waals surface area contributed by atoms with Crippen molar-refractivity contribution < 1.29 is 9.13 Å². The van der Waals surface area contributed by atoms with Gasteiger partial charge in [-0.25, -0.2) is 24.3 Å². The first kappa shape index (κ1) is 19.3. The molecule has 0 radical (unpaired) electrons. The number of ether oxygens (including phenoxy) is 1. The van der Waals surface area contributed by atoms with Gasteiger partial charge in [-0.1, -0.05) is 6.07 Å². The van der Waals surface area contributed by atoms with Gasteiger partial charge < -0.3 is 10.2 Å². The van der Waals surface area contributed by atoms with Gasteiger partial charge in [0.2, 0.25) is 0 Å². The molecule has 8 nitrogen and oxygen atoms in total. The summed E-state index contributed by atoms with van der Waals surface area (Å²) >= 11 is 1.50. The van der Waals surface area contributed by atoms with Crippen LogP contribution in [0.1, 0.15) is 16.4 Å². The molecule has 156 valence electrons. The quantitative estimate of drug-likeness (QED) is 0.428. The van der Waals surface area contributed by atoms with E-state index in [4.69, 9.17) is 9.72 Å². The summed E-state index contributed by atoms with van der Waals surface area (Å²) < 4.78 is 20.0. The van der Waals surface area contributed by atoms with Crippen molar-refractivity contribution in [1.29, 1.82) is 0 Å². The number of halogens is 1. The minimum absolute atomic E-state index is 0.274. The zero-order valence-electron chi connectivity index (χ0n) is 16.7. The second kappa shape index (κ2) is 7.89. The fraction of sp³-hybridized carbons (Fsp3) is 0.143. The molecule has 1 aliphatic rings. The largest absolute Gasteiger partial charge is 0.456 e. The van der Waals surface area contributed by atoms with Crippen molar-refractivity contribution in [3.8, 4) is 27.8 Å². The number of hydrogen-bond acceptors (Lipinski definition) is 9. The summed E-state index contributed by atoms with van der Waals surface area (Å²) in [6, 6.07) is 11.1. The first-order chi connectivity index (χ1) is 15.1. The van der Waals surface area contributed by atoms with Gasteiger partial charge in [0.1, 0.15) is 17.3 Å². The summed E-state index contributed by atoms with van der Waals surface area (Å²) in [7, 11) is 0. The standard InChI is InChI=1S/C21H18FN7OS/c1-11-6-7-23-21(24-11)30-10-18-25-12(2)20(31-18)16-5-3-4-15(26-16)13-8-14(22)19-17(9-13)27-29-28-19/h3-9,27-29H,10H2,1-2H3. The Kier molecular flexibility index (Phi) is 4.92. The number of anilines is 2. The zero-order valence-corrected chi connectivity index (χ0v) is 17.5. The Balaban J connectivity index is 1.41. The van der Waals surface area contributed by atoms with E-state index in [1.165, 1.54) is 17.4 Å². The van der Waals surface area contributed by atoms with Gasteiger partial charge in [-0.2, -0.15) is 0 Å². The number of benzene rings is 1. The molecule has 0 aliphatic carbocycles. The van der Waals surface area contributed by atoms with Crippen molar-refractivity contribution >= 4 is 22.7 Å². The van der Waals surface area contributed by atoms with Crippen LogP contribution in [0.4, 0.5) is 15.8 Å². The highest BCUT2D eigenvalue weighted by Crippen LogP contribution is 2.35. The Morgan fingerprint density at radius 1 is 1.03 bits per heavy atom. The van der Waals surface area contributed by atoms with E-state index in [1.807, 2.05) is 44.2 Å². The Hall–Kier alpha value is -3.63. The van der Waals surface area contributed by atoms with Crippen LogP contribution in [-0.4, -0.2) is 19.9 Å². The van der Waals surface area contributed by atoms with E-state index in [-0.39, 0.29) is 12.4 Å². The van der Waals surface area contributed by atoms with Gasteiger partial charge in [-0.3, -0.25) is 5.43 Å². The van der Waals surface area contributed by atoms with Crippen molar-refractivity contribution in [2.75, 3.05) is 10.9 Å². The summed E-state index contributed by atoms with van der Waals surface area (Å²) in [5, 5.41) is 0.801. The van der Waals surface area contributed by atoms with E-state index in [0.29, 0.717) is 28.6 Å². The normalized spacial score (nSPS) is 12.2. The van der Waals surface area contributed by atoms with Crippen LogP contribution in [-0.2, 0) is 6.61 Å². The number of fused-ring (bicyclic) bond motifs is 1. The van der Waals surface area contributed by atoms with E-state index >= 15 is 0 Å². The molecule has 3 N–H and O–H groups in total. The number of nitrogens with one attached hydrogen (secondary N) is 3. The van der Waals surface area contributed by atoms with Gasteiger partial charge in [-0.05, 0) is 44.2 Å². The van der Waals surface area contributed by atoms with Gasteiger partial charge in [0.15, 0.2) is 5.82 Å². The molecule has 5 rings (SSSR count). The molecule has 10 heteroatoms. The lowest BCUT2D eigenvalue weighted by Gasteiger charge is -2.07. The molecule has 31 heavy (non-hydrogen) atoms. The van der Waals surface area contributed by atoms with E-state index in [2.05, 4.69) is 31.3 Å². The number of pyridine rings is 1. The van der Waals surface area contributed by atoms with Gasteiger partial charge in [0.25, 0.3) is 0 Å². The average molecular weight is 435 g/mol. The third-order valence-corrected chi connectivity index (χ3v) is 5.84. The fourth-order valence-electron chi connectivity index (χ4n) is 3.24. The van der Waals surface area contributed by atoms with Gasteiger partial charge >= 0.3 is 6.01 Å². The van der Waals surface area contributed by atoms with Crippen LogP contribution in [0.2, 0.25) is 0 Å². The second-order valence-electron chi connectivity index (χ2n) is 6.96. The van der Waals surface area contributed by atoms with E-state index in [1.54, 1.807) is 6.20 Å². The molecular formula is C21H18FN7OS. The second-order valence-corrected chi connectivity index (χ2v) is 8.04. The maximum Gasteiger partial charge on any atom is 0.316 e. The Morgan fingerprint density at radius 2 is 1.90 bits per heavy atom. The molecular weight excluding hydrogens is 417 g/mol. The monoisotopic (exact) mass is 435 g/mol. The molecule has 4 aromatic rings. The maximum absolute atomic E-state index is 14.4. The topological polar surface area (TPSA) is 96.9 Å². The highest BCUT2D eigenvalue weighted by molar-refractivity contribution is 7.15. The smallest absolute Gasteiger partial charge is 0.316 e. The SMILES string of the molecule is Cc1ccnc(OCc2nc(C)c(-c3cccc(-c4cc(F)c5c(c4)NNN5)n3)s2)n1. The summed E-state index contributed by atoms with van der Waals surface area (Å²) in [6.45, 7) is 4.09. The Labute approximate surface area is 181 Å². The highest BCUT2D eigenvalue weighted by atomic mass is 32.1. The lowest BCUT2D eigenvalue weighted by Crippen LogP contribution is -2.19. The lowest BCUT2D eigenvalue weighted by atomic mass is 10.1. The molecule has 3 aromatic heterocycles. The van der Waals surface area contributed by atoms with Gasteiger partial charge in [0.05, 0.1) is 27.6 Å². The predicted octanol–water partition coefficient (Wildman–Crippen LogP) is 4.25. The lowest BCUT2D eigenvalue weighted by molar-refractivity contribution is 0.279. The number of thiazole rings is 1. The van der Waals surface area contributed by atoms with Crippen LogP contribution in [0.5, 0.6) is 6.01 Å². The highest BCUT2D eigenvalue weighted by Gasteiger charge is 2.18. The molecule has 4 heterocycles. The number of aryl methyl sites for hydroxylation is 2. The van der Waals surface area contributed by atoms with Crippen molar-refractivity contribution in [1.82, 2.24) is 25.5 Å². The first-order valence-electron chi connectivity index (χ1n) is 9.54. The first-order valence-corrected chi connectivity index (χ1v) is 10.4. The maximum atomic E-state index is 14.4. The van der Waals surface area contributed by atoms with Crippen molar-refractivity contribution in [2.45, 2.75) is 20.5 Å². The predicted molar refractivity (Wildman–Crippen MR) is 117 cm³/mol.